The number of thiazole rings is 1. The van der Waals surface area contributed by atoms with E-state index in [0.717, 1.165) is 37.0 Å². The number of amides is 2. The maximum atomic E-state index is 13.3. The zero-order valence-corrected chi connectivity index (χ0v) is 23.7. The van der Waals surface area contributed by atoms with Crippen molar-refractivity contribution in [2.45, 2.75) is 61.3 Å². The van der Waals surface area contributed by atoms with E-state index in [1.807, 2.05) is 0 Å². The maximum absolute atomic E-state index is 13.3. The van der Waals surface area contributed by atoms with Gasteiger partial charge in [-0.3, -0.25) is 14.5 Å². The summed E-state index contributed by atoms with van der Waals surface area (Å²) < 4.78 is 1.61. The molecule has 1 saturated carbocycles. The van der Waals surface area contributed by atoms with Crippen LogP contribution in [0.2, 0.25) is 0 Å². The highest BCUT2D eigenvalue weighted by Crippen LogP contribution is 2.41. The third kappa shape index (κ3) is 5.93. The molecule has 5 rings (SSSR count). The van der Waals surface area contributed by atoms with E-state index in [1.165, 1.54) is 28.4 Å². The number of aromatic nitrogens is 5. The number of rotatable bonds is 12. The van der Waals surface area contributed by atoms with E-state index in [9.17, 15) is 19.5 Å². The van der Waals surface area contributed by atoms with E-state index in [4.69, 9.17) is 16.3 Å². The monoisotopic (exact) mass is 608 g/mol. The van der Waals surface area contributed by atoms with E-state index in [0.29, 0.717) is 36.0 Å². The number of tetrazole rings is 1. The molecule has 2 atom stereocenters. The molecule has 0 spiro atoms. The highest BCUT2D eigenvalue weighted by molar-refractivity contribution is 8.01. The quantitative estimate of drug-likeness (QED) is 0.110. The summed E-state index contributed by atoms with van der Waals surface area (Å²) in [7, 11) is 0. The van der Waals surface area contributed by atoms with Crippen LogP contribution in [0.15, 0.2) is 27.0 Å². The van der Waals surface area contributed by atoms with Crippen LogP contribution in [0.25, 0.3) is 0 Å². The Morgan fingerprint density at radius 2 is 2.12 bits per heavy atom. The number of hydrogen-bond donors (Lipinski definition) is 4. The maximum Gasteiger partial charge on any atom is 0.352 e. The summed E-state index contributed by atoms with van der Waals surface area (Å²) in [5.41, 5.74) is 12.0. The average molecular weight is 609 g/mol. The van der Waals surface area contributed by atoms with Gasteiger partial charge in [-0.1, -0.05) is 16.9 Å². The fourth-order valence-corrected chi connectivity index (χ4v) is 7.49. The summed E-state index contributed by atoms with van der Waals surface area (Å²) in [4.78, 5) is 49.6. The summed E-state index contributed by atoms with van der Waals surface area (Å²) in [5.74, 6) is -1.74. The molecule has 2 amide bonds. The molecule has 1 aliphatic carbocycles. The SMILES string of the molecule is NCCCn1nnnc1SCC1=C(C(=O)O)N2C(=O)C(NC(=O)/C(=N/OC3CCCC3)c3csc(N)n3)C2SC1. The molecule has 18 heteroatoms. The molecule has 0 radical (unpaired) electrons. The summed E-state index contributed by atoms with van der Waals surface area (Å²) in [6, 6.07) is -0.933. The molecule has 214 valence electrons. The van der Waals surface area contributed by atoms with Gasteiger partial charge in [0.2, 0.25) is 5.16 Å². The first-order valence-corrected chi connectivity index (χ1v) is 15.5. The van der Waals surface area contributed by atoms with Crippen LogP contribution in [0, 0.1) is 0 Å². The lowest BCUT2D eigenvalue weighted by Crippen LogP contribution is -2.71. The molecule has 40 heavy (non-hydrogen) atoms. The highest BCUT2D eigenvalue weighted by atomic mass is 32.2. The van der Waals surface area contributed by atoms with Crippen molar-refractivity contribution in [1.82, 2.24) is 35.4 Å². The van der Waals surface area contributed by atoms with Crippen LogP contribution in [0.4, 0.5) is 5.13 Å². The van der Waals surface area contributed by atoms with E-state index in [1.54, 1.807) is 10.1 Å². The number of carboxylic acids is 1. The Bertz CT molecular complexity index is 1340. The predicted molar refractivity (Wildman–Crippen MR) is 148 cm³/mol. The van der Waals surface area contributed by atoms with Crippen LogP contribution in [0.1, 0.15) is 37.8 Å². The van der Waals surface area contributed by atoms with Crippen molar-refractivity contribution >= 4 is 63.5 Å². The third-order valence-corrected chi connectivity index (χ3v) is 9.62. The second-order valence-electron chi connectivity index (χ2n) is 9.26. The van der Waals surface area contributed by atoms with Gasteiger partial charge in [0, 0.05) is 23.4 Å². The summed E-state index contributed by atoms with van der Waals surface area (Å²) in [6.07, 6.45) is 4.37. The van der Waals surface area contributed by atoms with Crippen molar-refractivity contribution in [3.8, 4) is 0 Å². The van der Waals surface area contributed by atoms with Gasteiger partial charge in [-0.15, -0.1) is 28.2 Å². The Morgan fingerprint density at radius 3 is 2.83 bits per heavy atom. The minimum absolute atomic E-state index is 0.0784. The Labute approximate surface area is 241 Å². The lowest BCUT2D eigenvalue weighted by Gasteiger charge is -2.49. The van der Waals surface area contributed by atoms with Gasteiger partial charge in [0.25, 0.3) is 11.8 Å². The number of nitrogen functional groups attached to an aromatic ring is 1. The molecule has 4 heterocycles. The van der Waals surface area contributed by atoms with Gasteiger partial charge in [0.05, 0.1) is 0 Å². The molecule has 2 aliphatic heterocycles. The molecule has 2 fully saturated rings. The highest BCUT2D eigenvalue weighted by Gasteiger charge is 2.54. The third-order valence-electron chi connectivity index (χ3n) is 6.56. The number of anilines is 1. The number of carbonyl (C=O) groups excluding carboxylic acids is 2. The van der Waals surface area contributed by atoms with Crippen molar-refractivity contribution in [1.29, 1.82) is 0 Å². The topological polar surface area (TPSA) is 217 Å². The standard InChI is InChI=1S/C22H28N10O5S3/c23-6-3-7-31-22(27-29-30-31)40-9-11-8-38-19-15(18(34)32(19)16(11)20(35)36)26-17(33)14(13-10-39-21(24)25-13)28-37-12-4-1-2-5-12/h10,12,15,19H,1-9,23H2,(H2,24,25)(H,26,33)(H,35,36)/b28-14+. The summed E-state index contributed by atoms with van der Waals surface area (Å²) >= 11 is 3.82. The molecular formula is C22H28N10O5S3. The van der Waals surface area contributed by atoms with Gasteiger partial charge < -0.3 is 26.7 Å². The number of fused-ring (bicyclic) bond motifs is 1. The van der Waals surface area contributed by atoms with Gasteiger partial charge in [0.15, 0.2) is 10.8 Å². The van der Waals surface area contributed by atoms with Gasteiger partial charge in [0.1, 0.15) is 28.9 Å². The Balaban J connectivity index is 1.28. The van der Waals surface area contributed by atoms with E-state index in [-0.39, 0.29) is 34.1 Å². The number of nitrogens with zero attached hydrogens (tertiary/aromatic N) is 7. The van der Waals surface area contributed by atoms with Crippen LogP contribution in [-0.4, -0.2) is 94.3 Å². The van der Waals surface area contributed by atoms with Gasteiger partial charge in [-0.2, -0.15) is 0 Å². The molecule has 3 aliphatic rings. The number of carbonyl (C=O) groups is 3. The number of hydrogen-bond acceptors (Lipinski definition) is 14. The normalized spacial score (nSPS) is 21.4. The molecule has 1 saturated heterocycles. The van der Waals surface area contributed by atoms with Crippen molar-refractivity contribution in [2.75, 3.05) is 23.8 Å². The van der Waals surface area contributed by atoms with Crippen LogP contribution >= 0.6 is 34.9 Å². The summed E-state index contributed by atoms with van der Waals surface area (Å²) in [5, 5.41) is 30.2. The number of thioether (sulfide) groups is 2. The lowest BCUT2D eigenvalue weighted by molar-refractivity contribution is -0.150. The van der Waals surface area contributed by atoms with Crippen LogP contribution in [0.5, 0.6) is 0 Å². The first kappa shape index (κ1) is 28.3. The smallest absolute Gasteiger partial charge is 0.352 e. The summed E-state index contributed by atoms with van der Waals surface area (Å²) in [6.45, 7) is 1.04. The number of nitrogens with two attached hydrogens (primary N) is 2. The van der Waals surface area contributed by atoms with Crippen LogP contribution < -0.4 is 16.8 Å². The second kappa shape index (κ2) is 12.5. The zero-order chi connectivity index (χ0) is 28.2. The number of β-lactam (4-membered cyclic amide) rings is 1. The van der Waals surface area contributed by atoms with Crippen LogP contribution in [0.3, 0.4) is 0 Å². The predicted octanol–water partition coefficient (Wildman–Crippen LogP) is 0.255. The first-order chi connectivity index (χ1) is 19.4. The number of aryl methyl sites for hydroxylation is 1. The fourth-order valence-electron chi connectivity index (χ4n) is 4.56. The Kier molecular flexibility index (Phi) is 8.87. The van der Waals surface area contributed by atoms with Crippen molar-refractivity contribution in [3.63, 3.8) is 0 Å². The fraction of sp³-hybridized carbons (Fsp3) is 0.545. The van der Waals surface area contributed by atoms with E-state index in [2.05, 4.69) is 31.0 Å². The number of oxime groups is 1. The average Bonchev–Trinajstić information content (AvgIpc) is 3.71. The molecule has 2 aromatic rings. The van der Waals surface area contributed by atoms with Gasteiger partial charge >= 0.3 is 5.97 Å². The van der Waals surface area contributed by atoms with Gasteiger partial charge in [-0.25, -0.2) is 14.5 Å². The Hall–Kier alpha value is -3.22. The lowest BCUT2D eigenvalue weighted by atomic mass is 10.0. The molecule has 15 nitrogen and oxygen atoms in total. The number of nitrogens with one attached hydrogen (secondary N) is 1. The zero-order valence-electron chi connectivity index (χ0n) is 21.3. The molecular weight excluding hydrogens is 581 g/mol. The largest absolute Gasteiger partial charge is 0.477 e. The Morgan fingerprint density at radius 1 is 1.32 bits per heavy atom. The molecule has 2 aromatic heterocycles. The molecule has 0 bridgehead atoms. The number of aliphatic carboxylic acids is 1. The van der Waals surface area contributed by atoms with Crippen molar-refractivity contribution in [3.05, 3.63) is 22.3 Å². The van der Waals surface area contributed by atoms with Gasteiger partial charge in [-0.05, 0) is 54.6 Å². The molecule has 6 N–H and O–H groups in total. The molecule has 0 aromatic carbocycles. The van der Waals surface area contributed by atoms with Crippen LogP contribution in [-0.2, 0) is 25.8 Å². The van der Waals surface area contributed by atoms with Crippen molar-refractivity contribution in [2.24, 2.45) is 10.9 Å². The second-order valence-corrected chi connectivity index (χ2v) is 12.2. The number of carboxylic acid groups (broad SMARTS) is 1. The minimum atomic E-state index is -1.22. The van der Waals surface area contributed by atoms with E-state index >= 15 is 0 Å². The first-order valence-electron chi connectivity index (χ1n) is 12.6. The van der Waals surface area contributed by atoms with E-state index < -0.39 is 29.2 Å². The van der Waals surface area contributed by atoms with Crippen molar-refractivity contribution < 1.29 is 24.3 Å². The molecule has 2 unspecified atom stereocenters. The minimum Gasteiger partial charge on any atom is -0.477 e.